The smallest absolute Gasteiger partial charge is 0.100 e. The standard InChI is InChI=1S/C14H20N2/c1-3-5-14(15)16-9-4-6-12-10-11(2)7-8-13(12)16/h7-8,10,15H,3-6,9H2,1-2H3. The molecule has 0 spiro atoms. The molecule has 2 heteroatoms. The van der Waals surface area contributed by atoms with E-state index >= 15 is 0 Å². The highest BCUT2D eigenvalue weighted by Crippen LogP contribution is 2.28. The van der Waals surface area contributed by atoms with Gasteiger partial charge in [0.1, 0.15) is 5.84 Å². The number of rotatable bonds is 2. The third-order valence-electron chi connectivity index (χ3n) is 3.17. The van der Waals surface area contributed by atoms with Crippen LogP contribution in [-0.4, -0.2) is 12.4 Å². The van der Waals surface area contributed by atoms with Gasteiger partial charge in [0, 0.05) is 18.7 Å². The fourth-order valence-electron chi connectivity index (χ4n) is 2.38. The number of hydrogen-bond donors (Lipinski definition) is 1. The Bertz CT molecular complexity index is 396. The van der Waals surface area contributed by atoms with Crippen LogP contribution in [0.2, 0.25) is 0 Å². The van der Waals surface area contributed by atoms with Crippen LogP contribution in [0.3, 0.4) is 0 Å². The minimum absolute atomic E-state index is 0.771. The second-order valence-electron chi connectivity index (χ2n) is 4.58. The molecule has 0 saturated carbocycles. The van der Waals surface area contributed by atoms with E-state index in [-0.39, 0.29) is 0 Å². The molecule has 1 aliphatic heterocycles. The summed E-state index contributed by atoms with van der Waals surface area (Å²) in [5.74, 6) is 0.771. The van der Waals surface area contributed by atoms with Gasteiger partial charge in [-0.3, -0.25) is 5.41 Å². The summed E-state index contributed by atoms with van der Waals surface area (Å²) in [6, 6.07) is 6.59. The van der Waals surface area contributed by atoms with Crippen molar-refractivity contribution in [2.45, 2.75) is 39.5 Å². The first-order valence-electron chi connectivity index (χ1n) is 6.17. The van der Waals surface area contributed by atoms with Gasteiger partial charge in [0.05, 0.1) is 0 Å². The summed E-state index contributed by atoms with van der Waals surface area (Å²) in [5.41, 5.74) is 3.99. The van der Waals surface area contributed by atoms with Crippen molar-refractivity contribution in [1.82, 2.24) is 0 Å². The molecule has 1 N–H and O–H groups in total. The van der Waals surface area contributed by atoms with Crippen LogP contribution in [0.25, 0.3) is 0 Å². The van der Waals surface area contributed by atoms with E-state index in [0.29, 0.717) is 0 Å². The minimum atomic E-state index is 0.771. The van der Waals surface area contributed by atoms with Crippen molar-refractivity contribution in [2.24, 2.45) is 0 Å². The van der Waals surface area contributed by atoms with E-state index < -0.39 is 0 Å². The van der Waals surface area contributed by atoms with E-state index in [1.165, 1.54) is 23.2 Å². The topological polar surface area (TPSA) is 27.1 Å². The van der Waals surface area contributed by atoms with E-state index in [0.717, 1.165) is 31.6 Å². The van der Waals surface area contributed by atoms with Crippen LogP contribution in [0.15, 0.2) is 18.2 Å². The van der Waals surface area contributed by atoms with Crippen molar-refractivity contribution in [3.05, 3.63) is 29.3 Å². The Hall–Kier alpha value is -1.31. The molecule has 0 radical (unpaired) electrons. The number of fused-ring (bicyclic) bond motifs is 1. The maximum atomic E-state index is 8.09. The van der Waals surface area contributed by atoms with E-state index in [4.69, 9.17) is 5.41 Å². The maximum absolute atomic E-state index is 8.09. The number of hydrogen-bond acceptors (Lipinski definition) is 1. The maximum Gasteiger partial charge on any atom is 0.100 e. The Morgan fingerprint density at radius 1 is 1.44 bits per heavy atom. The number of nitrogens with zero attached hydrogens (tertiary/aromatic N) is 1. The lowest BCUT2D eigenvalue weighted by atomic mass is 9.99. The molecule has 0 atom stereocenters. The average Bonchev–Trinajstić information content (AvgIpc) is 2.28. The summed E-state index contributed by atoms with van der Waals surface area (Å²) in [6.45, 7) is 5.28. The van der Waals surface area contributed by atoms with Crippen LogP contribution in [0.4, 0.5) is 5.69 Å². The molecular formula is C14H20N2. The van der Waals surface area contributed by atoms with Gasteiger partial charge in [0.15, 0.2) is 0 Å². The zero-order chi connectivity index (χ0) is 11.5. The molecule has 0 aliphatic carbocycles. The Morgan fingerprint density at radius 2 is 2.25 bits per heavy atom. The van der Waals surface area contributed by atoms with Crippen LogP contribution < -0.4 is 4.90 Å². The number of anilines is 1. The lowest BCUT2D eigenvalue weighted by Crippen LogP contribution is -2.34. The van der Waals surface area contributed by atoms with Crippen LogP contribution in [-0.2, 0) is 6.42 Å². The van der Waals surface area contributed by atoms with Gasteiger partial charge in [0.25, 0.3) is 0 Å². The number of aryl methyl sites for hydroxylation is 2. The predicted molar refractivity (Wildman–Crippen MR) is 69.5 cm³/mol. The molecule has 0 amide bonds. The molecular weight excluding hydrogens is 196 g/mol. The predicted octanol–water partition coefficient (Wildman–Crippen LogP) is 3.52. The van der Waals surface area contributed by atoms with Crippen molar-refractivity contribution in [3.63, 3.8) is 0 Å². The summed E-state index contributed by atoms with van der Waals surface area (Å²) in [4.78, 5) is 2.18. The van der Waals surface area contributed by atoms with Crippen LogP contribution in [0, 0.1) is 12.3 Å². The molecule has 1 aliphatic rings. The number of benzene rings is 1. The van der Waals surface area contributed by atoms with E-state index in [2.05, 4.69) is 36.9 Å². The summed E-state index contributed by atoms with van der Waals surface area (Å²) in [5, 5.41) is 8.09. The summed E-state index contributed by atoms with van der Waals surface area (Å²) in [6.07, 6.45) is 4.26. The van der Waals surface area contributed by atoms with Gasteiger partial charge in [-0.1, -0.05) is 24.6 Å². The first kappa shape index (κ1) is 11.2. The largest absolute Gasteiger partial charge is 0.330 e. The zero-order valence-electron chi connectivity index (χ0n) is 10.2. The second kappa shape index (κ2) is 4.69. The van der Waals surface area contributed by atoms with E-state index in [9.17, 15) is 0 Å². The Morgan fingerprint density at radius 3 is 3.00 bits per heavy atom. The summed E-state index contributed by atoms with van der Waals surface area (Å²) in [7, 11) is 0. The minimum Gasteiger partial charge on any atom is -0.330 e. The quantitative estimate of drug-likeness (QED) is 0.594. The molecule has 1 heterocycles. The molecule has 0 aromatic heterocycles. The van der Waals surface area contributed by atoms with Gasteiger partial charge in [0.2, 0.25) is 0 Å². The Balaban J connectivity index is 2.29. The summed E-state index contributed by atoms with van der Waals surface area (Å²) >= 11 is 0. The van der Waals surface area contributed by atoms with Crippen LogP contribution >= 0.6 is 0 Å². The molecule has 1 aromatic carbocycles. The fraction of sp³-hybridized carbons (Fsp3) is 0.500. The van der Waals surface area contributed by atoms with Gasteiger partial charge in [-0.05, 0) is 37.8 Å². The Kier molecular flexibility index (Phi) is 3.28. The monoisotopic (exact) mass is 216 g/mol. The van der Waals surface area contributed by atoms with Crippen molar-refractivity contribution in [3.8, 4) is 0 Å². The van der Waals surface area contributed by atoms with Gasteiger partial charge in [-0.15, -0.1) is 0 Å². The third kappa shape index (κ3) is 2.11. The van der Waals surface area contributed by atoms with Crippen molar-refractivity contribution < 1.29 is 0 Å². The molecule has 86 valence electrons. The first-order chi connectivity index (χ1) is 7.72. The van der Waals surface area contributed by atoms with E-state index in [1.807, 2.05) is 0 Å². The summed E-state index contributed by atoms with van der Waals surface area (Å²) < 4.78 is 0. The average molecular weight is 216 g/mol. The lowest BCUT2D eigenvalue weighted by molar-refractivity contribution is 0.763. The molecule has 2 nitrogen and oxygen atoms in total. The molecule has 1 aromatic rings. The van der Waals surface area contributed by atoms with E-state index in [1.54, 1.807) is 0 Å². The second-order valence-corrected chi connectivity index (χ2v) is 4.58. The van der Waals surface area contributed by atoms with Crippen molar-refractivity contribution in [2.75, 3.05) is 11.4 Å². The lowest BCUT2D eigenvalue weighted by Gasteiger charge is -2.31. The van der Waals surface area contributed by atoms with Gasteiger partial charge < -0.3 is 4.90 Å². The molecule has 16 heavy (non-hydrogen) atoms. The van der Waals surface area contributed by atoms with Crippen LogP contribution in [0.1, 0.15) is 37.3 Å². The highest BCUT2D eigenvalue weighted by atomic mass is 15.2. The molecule has 0 fully saturated rings. The molecule has 2 rings (SSSR count). The Labute approximate surface area is 97.8 Å². The third-order valence-corrected chi connectivity index (χ3v) is 3.17. The first-order valence-corrected chi connectivity index (χ1v) is 6.17. The fourth-order valence-corrected chi connectivity index (χ4v) is 2.38. The van der Waals surface area contributed by atoms with Gasteiger partial charge in [-0.25, -0.2) is 0 Å². The molecule has 0 unspecified atom stereocenters. The SMILES string of the molecule is CCCC(=N)N1CCCc2cc(C)ccc21. The molecule has 0 bridgehead atoms. The van der Waals surface area contributed by atoms with Crippen molar-refractivity contribution >= 4 is 11.5 Å². The normalized spacial score (nSPS) is 14.8. The molecule has 0 saturated heterocycles. The highest BCUT2D eigenvalue weighted by Gasteiger charge is 2.19. The number of amidine groups is 1. The zero-order valence-corrected chi connectivity index (χ0v) is 10.2. The van der Waals surface area contributed by atoms with Gasteiger partial charge >= 0.3 is 0 Å². The van der Waals surface area contributed by atoms with Crippen molar-refractivity contribution in [1.29, 1.82) is 5.41 Å². The van der Waals surface area contributed by atoms with Gasteiger partial charge in [-0.2, -0.15) is 0 Å². The van der Waals surface area contributed by atoms with Crippen LogP contribution in [0.5, 0.6) is 0 Å². The highest BCUT2D eigenvalue weighted by molar-refractivity contribution is 5.96. The number of nitrogens with one attached hydrogen (secondary N) is 1.